The van der Waals surface area contributed by atoms with E-state index >= 15 is 0 Å². The Labute approximate surface area is 194 Å². The number of urea groups is 2. The quantitative estimate of drug-likeness (QED) is 0.0652. The number of aliphatic hydroxyl groups excluding tert-OH is 1. The first-order valence-corrected chi connectivity index (χ1v) is 11.2. The molecule has 0 aliphatic carbocycles. The molecular weight excluding hydrogens is 504 g/mol. The lowest BCUT2D eigenvalue weighted by atomic mass is 10.4. The summed E-state index contributed by atoms with van der Waals surface area (Å²) < 4.78 is 0.432. The Bertz CT molecular complexity index is 613. The van der Waals surface area contributed by atoms with Crippen molar-refractivity contribution in [2.75, 3.05) is 17.3 Å². The summed E-state index contributed by atoms with van der Waals surface area (Å²) in [6.07, 6.45) is -1.46. The van der Waals surface area contributed by atoms with E-state index in [4.69, 9.17) is 49.4 Å². The van der Waals surface area contributed by atoms with Gasteiger partial charge in [0.25, 0.3) is 0 Å². The number of halogens is 1. The fraction of sp³-hybridized carbons (Fsp3) is 0.583. The zero-order valence-electron chi connectivity index (χ0n) is 15.6. The van der Waals surface area contributed by atoms with E-state index < -0.39 is 54.4 Å². The van der Waals surface area contributed by atoms with Crippen LogP contribution in [-0.4, -0.2) is 96.6 Å². The fourth-order valence-electron chi connectivity index (χ4n) is 0.935. The van der Waals surface area contributed by atoms with Crippen LogP contribution in [0.2, 0.25) is 0 Å². The number of carbonyl (C=O) groups is 5. The number of hydrogen-bond acceptors (Lipinski definition) is 12. The van der Waals surface area contributed by atoms with Crippen LogP contribution < -0.4 is 27.8 Å². The third kappa shape index (κ3) is 15.7. The molecule has 0 aromatic heterocycles. The van der Waals surface area contributed by atoms with Crippen molar-refractivity contribution in [2.24, 2.45) is 17.2 Å². The second-order valence-electron chi connectivity index (χ2n) is 5.17. The van der Waals surface area contributed by atoms with Gasteiger partial charge in [-0.05, 0) is 0 Å². The van der Waals surface area contributed by atoms with Gasteiger partial charge in [0.15, 0.2) is 0 Å². The summed E-state index contributed by atoms with van der Waals surface area (Å²) in [5, 5.41) is 37.3. The maximum atomic E-state index is 10.5. The van der Waals surface area contributed by atoms with Gasteiger partial charge >= 0.3 is 30.0 Å². The number of imide groups is 1. The van der Waals surface area contributed by atoms with Gasteiger partial charge < -0.3 is 37.6 Å². The largest absolute Gasteiger partial charge is 0.480 e. The lowest BCUT2D eigenvalue weighted by Crippen LogP contribution is -2.60. The van der Waals surface area contributed by atoms with E-state index in [9.17, 15) is 24.0 Å². The summed E-state index contributed by atoms with van der Waals surface area (Å²) in [7, 11) is 2.41. The van der Waals surface area contributed by atoms with E-state index in [-0.39, 0.29) is 17.3 Å². The molecule has 1 saturated heterocycles. The molecule has 1 aliphatic rings. The number of rotatable bonds is 9. The van der Waals surface area contributed by atoms with Gasteiger partial charge in [-0.25, -0.2) is 9.59 Å². The standard InChI is InChI=1S/C6H12N2O4S2.C3H4ClN3O3.C3H7NO2S/c7-3(5(9)10)1-13-14-2-4(8)6(11)12;4-7-2(9)5-1(8)6-3(7)10;4-2(1-7)3(5)6/h3-4H,1-2,7-8H2,(H,9,10)(H,11,12);2,9H,(H2,5,6,8,10);2,7H,1,4H2,(H,5,6)/t3-,4?;;2-/m0.0/s1. The predicted molar refractivity (Wildman–Crippen MR) is 116 cm³/mol. The molecule has 31 heavy (non-hydrogen) atoms. The molecular formula is C12H23ClN6O9S3. The Hall–Kier alpha value is -1.67. The zero-order valence-corrected chi connectivity index (χ0v) is 18.9. The Balaban J connectivity index is 0. The van der Waals surface area contributed by atoms with Crippen LogP contribution in [-0.2, 0) is 14.4 Å². The molecule has 0 radical (unpaired) electrons. The Morgan fingerprint density at radius 1 is 1.00 bits per heavy atom. The van der Waals surface area contributed by atoms with Crippen molar-refractivity contribution >= 4 is 76.0 Å². The van der Waals surface area contributed by atoms with Crippen molar-refractivity contribution < 1.29 is 44.4 Å². The van der Waals surface area contributed by atoms with E-state index in [0.29, 0.717) is 4.42 Å². The summed E-state index contributed by atoms with van der Waals surface area (Å²) in [6.45, 7) is 0. The van der Waals surface area contributed by atoms with Crippen molar-refractivity contribution in [3.63, 3.8) is 0 Å². The van der Waals surface area contributed by atoms with Crippen molar-refractivity contribution in [3.05, 3.63) is 0 Å². The number of aliphatic carboxylic acids is 3. The van der Waals surface area contributed by atoms with Gasteiger partial charge in [0.1, 0.15) is 18.1 Å². The van der Waals surface area contributed by atoms with Crippen molar-refractivity contribution in [1.29, 1.82) is 0 Å². The minimum atomic E-state index is -1.46. The minimum absolute atomic E-state index is 0.190. The molecule has 2 unspecified atom stereocenters. The molecule has 0 spiro atoms. The maximum Gasteiger partial charge on any atom is 0.343 e. The number of nitrogens with two attached hydrogens (primary N) is 3. The van der Waals surface area contributed by atoms with Crippen LogP contribution in [0.1, 0.15) is 0 Å². The minimum Gasteiger partial charge on any atom is -0.480 e. The number of nitrogens with one attached hydrogen (secondary N) is 2. The maximum absolute atomic E-state index is 10.5. The average molecular weight is 527 g/mol. The van der Waals surface area contributed by atoms with Crippen LogP contribution in [0.4, 0.5) is 9.59 Å². The van der Waals surface area contributed by atoms with Crippen LogP contribution in [0.5, 0.6) is 0 Å². The van der Waals surface area contributed by atoms with Crippen molar-refractivity contribution in [3.8, 4) is 0 Å². The van der Waals surface area contributed by atoms with Crippen molar-refractivity contribution in [1.82, 2.24) is 15.1 Å². The molecule has 0 bridgehead atoms. The highest BCUT2D eigenvalue weighted by Crippen LogP contribution is 2.22. The summed E-state index contributed by atoms with van der Waals surface area (Å²) in [4.78, 5) is 51.1. The Morgan fingerprint density at radius 2 is 1.39 bits per heavy atom. The monoisotopic (exact) mass is 526 g/mol. The summed E-state index contributed by atoms with van der Waals surface area (Å²) in [5.74, 6) is -2.50. The lowest BCUT2D eigenvalue weighted by molar-refractivity contribution is -0.138. The van der Waals surface area contributed by atoms with Gasteiger partial charge in [-0.1, -0.05) is 21.6 Å². The van der Waals surface area contributed by atoms with E-state index in [0.717, 1.165) is 0 Å². The number of hydrogen-bond donors (Lipinski definition) is 10. The van der Waals surface area contributed by atoms with E-state index in [1.165, 1.54) is 21.6 Å². The first-order valence-electron chi connectivity index (χ1n) is 7.79. The topological polar surface area (TPSA) is 272 Å². The zero-order chi connectivity index (χ0) is 24.7. The van der Waals surface area contributed by atoms with Gasteiger partial charge in [0.2, 0.25) is 6.35 Å². The van der Waals surface area contributed by atoms with Crippen LogP contribution in [0.25, 0.3) is 0 Å². The fourth-order valence-corrected chi connectivity index (χ4v) is 3.41. The molecule has 1 aliphatic heterocycles. The number of amides is 4. The van der Waals surface area contributed by atoms with E-state index in [1.807, 2.05) is 5.32 Å². The predicted octanol–water partition coefficient (Wildman–Crippen LogP) is -2.33. The molecule has 15 nitrogen and oxygen atoms in total. The highest BCUT2D eigenvalue weighted by atomic mass is 35.5. The first kappa shape index (κ1) is 31.5. The highest BCUT2D eigenvalue weighted by molar-refractivity contribution is 8.76. The number of carbonyl (C=O) groups excluding carboxylic acids is 2. The molecule has 12 N–H and O–H groups in total. The number of aliphatic hydroxyl groups is 1. The SMILES string of the molecule is NC(CSSC[C@H](N)C(=O)O)C(=O)O.N[C@@H](CS)C(=O)O.O=C1NC(=O)N(Cl)C(O)N1. The van der Waals surface area contributed by atoms with Crippen LogP contribution in [0, 0.1) is 0 Å². The average Bonchev–Trinajstić information content (AvgIpc) is 2.68. The molecule has 19 heteroatoms. The molecule has 0 saturated carbocycles. The van der Waals surface area contributed by atoms with Gasteiger partial charge in [-0.3, -0.25) is 25.0 Å². The van der Waals surface area contributed by atoms with Gasteiger partial charge in [-0.2, -0.15) is 17.0 Å². The molecule has 0 aromatic rings. The molecule has 1 heterocycles. The molecule has 4 atom stereocenters. The van der Waals surface area contributed by atoms with Crippen molar-refractivity contribution in [2.45, 2.75) is 24.5 Å². The Kier molecular flexibility index (Phi) is 17.2. The third-order valence-electron chi connectivity index (χ3n) is 2.62. The smallest absolute Gasteiger partial charge is 0.343 e. The normalized spacial score (nSPS) is 18.0. The first-order chi connectivity index (χ1) is 14.2. The van der Waals surface area contributed by atoms with E-state index in [2.05, 4.69) is 12.6 Å². The second-order valence-corrected chi connectivity index (χ2v) is 8.46. The molecule has 4 amide bonds. The number of nitrogens with zero attached hydrogens (tertiary/aromatic N) is 1. The second kappa shape index (κ2) is 17.0. The molecule has 180 valence electrons. The molecule has 1 rings (SSSR count). The number of carboxylic acids is 3. The van der Waals surface area contributed by atoms with Gasteiger partial charge in [0, 0.05) is 29.0 Å². The van der Waals surface area contributed by atoms with Crippen LogP contribution in [0.3, 0.4) is 0 Å². The number of thiol groups is 1. The van der Waals surface area contributed by atoms with Gasteiger partial charge in [-0.15, -0.1) is 0 Å². The molecule has 1 fully saturated rings. The van der Waals surface area contributed by atoms with Crippen LogP contribution >= 0.6 is 46.0 Å². The lowest BCUT2D eigenvalue weighted by Gasteiger charge is -2.25. The highest BCUT2D eigenvalue weighted by Gasteiger charge is 2.28. The molecule has 0 aromatic carbocycles. The third-order valence-corrected chi connectivity index (χ3v) is 5.82. The van der Waals surface area contributed by atoms with Gasteiger partial charge in [0.05, 0.1) is 0 Å². The number of carboxylic acid groups (broad SMARTS) is 3. The van der Waals surface area contributed by atoms with Crippen LogP contribution in [0.15, 0.2) is 0 Å². The summed E-state index contributed by atoms with van der Waals surface area (Å²) in [5.41, 5.74) is 15.4. The summed E-state index contributed by atoms with van der Waals surface area (Å²) in [6, 6.07) is -4.28. The van der Waals surface area contributed by atoms with E-state index in [1.54, 1.807) is 5.32 Å². The summed E-state index contributed by atoms with van der Waals surface area (Å²) >= 11 is 8.79. The Morgan fingerprint density at radius 3 is 1.65 bits per heavy atom.